The average molecular weight is 377 g/mol. The fourth-order valence-electron chi connectivity index (χ4n) is 8.68. The van der Waals surface area contributed by atoms with Crippen LogP contribution < -0.4 is 0 Å². The molecule has 2 saturated heterocycles. The summed E-state index contributed by atoms with van der Waals surface area (Å²) in [6.07, 6.45) is 9.64. The van der Waals surface area contributed by atoms with Gasteiger partial charge in [0.05, 0.1) is 24.7 Å². The number of hydrogen-bond acceptors (Lipinski definition) is 4. The van der Waals surface area contributed by atoms with E-state index in [1.165, 1.54) is 32.1 Å². The van der Waals surface area contributed by atoms with Gasteiger partial charge in [0.25, 0.3) is 0 Å². The molecule has 152 valence electrons. The number of ether oxygens (including phenoxy) is 3. The van der Waals surface area contributed by atoms with Crippen LogP contribution in [-0.4, -0.2) is 31.6 Å². The second kappa shape index (κ2) is 5.72. The lowest BCUT2D eigenvalue weighted by molar-refractivity contribution is -0.277. The number of fused-ring (bicyclic) bond motifs is 6. The van der Waals surface area contributed by atoms with Gasteiger partial charge >= 0.3 is 5.97 Å². The van der Waals surface area contributed by atoms with Gasteiger partial charge in [-0.1, -0.05) is 20.3 Å². The summed E-state index contributed by atoms with van der Waals surface area (Å²) < 4.78 is 18.2. The van der Waals surface area contributed by atoms with Gasteiger partial charge in [-0.15, -0.1) is 0 Å². The van der Waals surface area contributed by atoms with Crippen molar-refractivity contribution in [1.29, 1.82) is 0 Å². The van der Waals surface area contributed by atoms with E-state index in [9.17, 15) is 4.79 Å². The molecule has 0 unspecified atom stereocenters. The second-order valence-corrected chi connectivity index (χ2v) is 11.0. The van der Waals surface area contributed by atoms with Crippen molar-refractivity contribution in [2.45, 2.75) is 91.5 Å². The van der Waals surface area contributed by atoms with Crippen molar-refractivity contribution in [3.8, 4) is 0 Å². The number of hydrogen-bond donors (Lipinski definition) is 0. The van der Waals surface area contributed by atoms with Crippen LogP contribution in [0.25, 0.3) is 0 Å². The van der Waals surface area contributed by atoms with Crippen molar-refractivity contribution in [1.82, 2.24) is 0 Å². The lowest BCUT2D eigenvalue weighted by atomic mass is 9.37. The first-order valence-corrected chi connectivity index (χ1v) is 11.2. The summed E-state index contributed by atoms with van der Waals surface area (Å²) in [5, 5.41) is 0. The fraction of sp³-hybridized carbons (Fsp3) is 0.957. The first-order valence-electron chi connectivity index (χ1n) is 11.2. The molecule has 0 aromatic carbocycles. The predicted octanol–water partition coefficient (Wildman–Crippen LogP) is 4.70. The van der Waals surface area contributed by atoms with E-state index in [2.05, 4.69) is 20.8 Å². The van der Waals surface area contributed by atoms with Gasteiger partial charge in [0.2, 0.25) is 0 Å². The Kier molecular flexibility index (Phi) is 3.90. The maximum absolute atomic E-state index is 13.0. The van der Waals surface area contributed by atoms with Crippen LogP contribution in [0.3, 0.4) is 0 Å². The zero-order chi connectivity index (χ0) is 19.1. The Labute approximate surface area is 163 Å². The topological polar surface area (TPSA) is 44.8 Å². The van der Waals surface area contributed by atoms with E-state index in [-0.39, 0.29) is 40.0 Å². The highest BCUT2D eigenvalue weighted by atomic mass is 16.7. The second-order valence-electron chi connectivity index (χ2n) is 11.0. The highest BCUT2D eigenvalue weighted by molar-refractivity contribution is 5.77. The molecule has 0 aromatic rings. The summed E-state index contributed by atoms with van der Waals surface area (Å²) in [7, 11) is 0. The molecular weight excluding hydrogens is 340 g/mol. The number of esters is 1. The third-order valence-electron chi connectivity index (χ3n) is 9.74. The molecule has 2 heterocycles. The SMILES string of the molecule is CCOC(=O)[C@]1(C)CCC[C@@]2(C)[C@@H]3CC[C@@]4(C)C[C@]3(CC[C@@H]21)[C@@H]1CO[C@H]4O1. The van der Waals surface area contributed by atoms with Crippen LogP contribution in [0.1, 0.15) is 79.1 Å². The van der Waals surface area contributed by atoms with Crippen molar-refractivity contribution in [2.75, 3.05) is 13.2 Å². The zero-order valence-electron chi connectivity index (χ0n) is 17.5. The smallest absolute Gasteiger partial charge is 0.312 e. The average Bonchev–Trinajstić information content (AvgIpc) is 3.10. The predicted molar refractivity (Wildman–Crippen MR) is 102 cm³/mol. The molecule has 0 radical (unpaired) electrons. The fourth-order valence-corrected chi connectivity index (χ4v) is 8.68. The summed E-state index contributed by atoms with van der Waals surface area (Å²) in [5.74, 6) is 1.11. The lowest BCUT2D eigenvalue weighted by Gasteiger charge is -2.68. The Morgan fingerprint density at radius 1 is 1.07 bits per heavy atom. The van der Waals surface area contributed by atoms with Gasteiger partial charge < -0.3 is 14.2 Å². The lowest BCUT2D eigenvalue weighted by Crippen LogP contribution is -2.65. The van der Waals surface area contributed by atoms with E-state index in [4.69, 9.17) is 14.2 Å². The Bertz CT molecular complexity index is 648. The first-order chi connectivity index (χ1) is 12.8. The van der Waals surface area contributed by atoms with Gasteiger partial charge in [-0.05, 0) is 76.0 Å². The minimum Gasteiger partial charge on any atom is -0.466 e. The van der Waals surface area contributed by atoms with Gasteiger partial charge in [-0.25, -0.2) is 0 Å². The zero-order valence-corrected chi connectivity index (χ0v) is 17.5. The molecule has 0 amide bonds. The van der Waals surface area contributed by atoms with Crippen LogP contribution in [0, 0.1) is 33.5 Å². The largest absolute Gasteiger partial charge is 0.466 e. The van der Waals surface area contributed by atoms with Crippen LogP contribution >= 0.6 is 0 Å². The molecule has 8 atom stereocenters. The molecule has 3 aliphatic carbocycles. The van der Waals surface area contributed by atoms with Gasteiger partial charge in [-0.2, -0.15) is 0 Å². The molecule has 4 nitrogen and oxygen atoms in total. The molecule has 4 bridgehead atoms. The maximum Gasteiger partial charge on any atom is 0.312 e. The van der Waals surface area contributed by atoms with E-state index in [1.54, 1.807) is 0 Å². The third-order valence-corrected chi connectivity index (χ3v) is 9.74. The van der Waals surface area contributed by atoms with Gasteiger partial charge in [0.15, 0.2) is 6.29 Å². The third kappa shape index (κ3) is 2.20. The molecule has 2 aliphatic heterocycles. The van der Waals surface area contributed by atoms with E-state index >= 15 is 0 Å². The molecule has 27 heavy (non-hydrogen) atoms. The minimum absolute atomic E-state index is 0.00996. The van der Waals surface area contributed by atoms with Crippen molar-refractivity contribution in [3.63, 3.8) is 0 Å². The molecule has 5 aliphatic rings. The van der Waals surface area contributed by atoms with E-state index < -0.39 is 0 Å². The normalized spacial score (nSPS) is 56.1. The Hall–Kier alpha value is -0.610. The highest BCUT2D eigenvalue weighted by Crippen LogP contribution is 2.73. The number of carbonyl (C=O) groups is 1. The summed E-state index contributed by atoms with van der Waals surface area (Å²) in [4.78, 5) is 13.0. The highest BCUT2D eigenvalue weighted by Gasteiger charge is 2.70. The van der Waals surface area contributed by atoms with Gasteiger partial charge in [-0.3, -0.25) is 4.79 Å². The van der Waals surface area contributed by atoms with E-state index in [0.717, 1.165) is 25.9 Å². The van der Waals surface area contributed by atoms with Crippen LogP contribution in [0.15, 0.2) is 0 Å². The molecule has 0 aromatic heterocycles. The minimum atomic E-state index is -0.324. The molecule has 5 rings (SSSR count). The van der Waals surface area contributed by atoms with Gasteiger partial charge in [0.1, 0.15) is 0 Å². The van der Waals surface area contributed by atoms with Crippen LogP contribution in [-0.2, 0) is 19.0 Å². The van der Waals surface area contributed by atoms with E-state index in [1.807, 2.05) is 6.92 Å². The van der Waals surface area contributed by atoms with Crippen LogP contribution in [0.5, 0.6) is 0 Å². The van der Waals surface area contributed by atoms with Crippen LogP contribution in [0.2, 0.25) is 0 Å². The summed E-state index contributed by atoms with van der Waals surface area (Å²) in [5.41, 5.74) is 0.303. The summed E-state index contributed by atoms with van der Waals surface area (Å²) in [6, 6.07) is 0. The summed E-state index contributed by atoms with van der Waals surface area (Å²) >= 11 is 0. The van der Waals surface area contributed by atoms with Crippen molar-refractivity contribution in [2.24, 2.45) is 33.5 Å². The van der Waals surface area contributed by atoms with Gasteiger partial charge in [0, 0.05) is 10.8 Å². The molecule has 5 fully saturated rings. The number of carbonyl (C=O) groups excluding carboxylic acids is 1. The Balaban J connectivity index is 1.53. The van der Waals surface area contributed by atoms with Crippen molar-refractivity contribution < 1.29 is 19.0 Å². The summed E-state index contributed by atoms with van der Waals surface area (Å²) in [6.45, 7) is 10.3. The standard InChI is InChI=1S/C23H36O4/c1-5-25-18(24)22(4)10-6-9-21(3)15(22)8-12-23-14-20(2,11-7-16(21)23)19-26-13-17(23)27-19/h15-17,19H,5-14H2,1-4H3/t15-,16-,17-,19-,20-,21+,22+,23-/m0/s1. The molecule has 0 N–H and O–H groups in total. The monoisotopic (exact) mass is 376 g/mol. The Morgan fingerprint density at radius 3 is 2.63 bits per heavy atom. The number of rotatable bonds is 2. The maximum atomic E-state index is 13.0. The first kappa shape index (κ1) is 18.4. The van der Waals surface area contributed by atoms with E-state index in [0.29, 0.717) is 18.4 Å². The molecular formula is C23H36O4. The van der Waals surface area contributed by atoms with Crippen molar-refractivity contribution in [3.05, 3.63) is 0 Å². The molecule has 4 heteroatoms. The van der Waals surface area contributed by atoms with Crippen LogP contribution in [0.4, 0.5) is 0 Å². The quantitative estimate of drug-likeness (QED) is 0.655. The van der Waals surface area contributed by atoms with Crippen molar-refractivity contribution >= 4 is 5.97 Å². The Morgan fingerprint density at radius 2 is 1.85 bits per heavy atom. The molecule has 3 saturated carbocycles. The molecule has 1 spiro atoms.